The van der Waals surface area contributed by atoms with Crippen LogP contribution in [0.4, 0.5) is 133 Å². The predicted molar refractivity (Wildman–Crippen MR) is 542 cm³/mol. The molecule has 0 radical (unpaired) electrons. The van der Waals surface area contributed by atoms with Crippen molar-refractivity contribution in [2.45, 2.75) is 52.6 Å². The number of ether oxygens (including phenoxy) is 4. The second-order valence-electron chi connectivity index (χ2n) is 34.3. The lowest BCUT2D eigenvalue weighted by molar-refractivity contribution is 0.122. The maximum absolute atomic E-state index is 14.2. The summed E-state index contributed by atoms with van der Waals surface area (Å²) in [5.41, 5.74) is 37.8. The van der Waals surface area contributed by atoms with Crippen molar-refractivity contribution >= 4 is 140 Å². The maximum atomic E-state index is 14.2. The molecule has 8 aliphatic heterocycles. The zero-order valence-corrected chi connectivity index (χ0v) is 78.7. The first-order valence-electron chi connectivity index (χ1n) is 46.8. The van der Waals surface area contributed by atoms with Gasteiger partial charge in [0.25, 0.3) is 0 Å². The van der Waals surface area contributed by atoms with Gasteiger partial charge in [-0.25, -0.2) is 80.9 Å². The second-order valence-corrected chi connectivity index (χ2v) is 34.3. The summed E-state index contributed by atoms with van der Waals surface area (Å²) in [4.78, 5) is 57.7. The summed E-state index contributed by atoms with van der Waals surface area (Å²) in [5.74, 6) is 1.36. The van der Waals surface area contributed by atoms with E-state index in [9.17, 15) is 27.8 Å². The SMILES string of the molecule is CC1CCN(c2cc(O)cc(Nc3ccc(/C=N/Nc4ncc(F)c(N5CCOCC5)n4)nc3)c2)N1.CC1CCNN1c1cccc(Nc2ccc(/C=N/Nc3ncc(F)c(N4CCOCC4)n3)nc2)c1.CC1CNN(c2cc(O)cc(Nc3ccc(/C=N/Nc4ncc(F)c(N5CCOCC5)n4)nc3)c2)C1.CC1CNN(c2cccc(Nc3ccc(/C=N/Nc4ncc(F)c(N5CCOCC5)n4)nc3)c2)C1. The highest BCUT2D eigenvalue weighted by Gasteiger charge is 2.28. The van der Waals surface area contributed by atoms with Crippen molar-refractivity contribution in [1.29, 1.82) is 0 Å². The van der Waals surface area contributed by atoms with Crippen LogP contribution >= 0.6 is 0 Å². The van der Waals surface area contributed by atoms with Crippen LogP contribution in [0.5, 0.6) is 11.5 Å². The first-order valence-corrected chi connectivity index (χ1v) is 46.8. The minimum absolute atomic E-state index is 0.180. The van der Waals surface area contributed by atoms with Crippen LogP contribution in [0.2, 0.25) is 0 Å². The van der Waals surface area contributed by atoms with E-state index in [0.717, 1.165) is 145 Å². The summed E-state index contributed by atoms with van der Waals surface area (Å²) >= 11 is 0. The Bertz CT molecular complexity index is 6080. The molecule has 14 N–H and O–H groups in total. The smallest absolute Gasteiger partial charge is 0.245 e. The van der Waals surface area contributed by atoms with Crippen LogP contribution in [0.1, 0.15) is 63.3 Å². The average Bonchev–Trinajstić information content (AvgIpc) is 1.68. The summed E-state index contributed by atoms with van der Waals surface area (Å²) in [6.45, 7) is 23.3. The molecule has 42 nitrogen and oxygen atoms in total. The van der Waals surface area contributed by atoms with Gasteiger partial charge in [0.15, 0.2) is 46.5 Å². The number of hydrazone groups is 4. The number of phenols is 2. The molecule has 12 aromatic rings. The summed E-state index contributed by atoms with van der Waals surface area (Å²) in [7, 11) is 0. The molecule has 46 heteroatoms. The molecule has 0 amide bonds. The molecule has 4 atom stereocenters. The van der Waals surface area contributed by atoms with E-state index in [1.165, 1.54) is 12.4 Å². The third-order valence-electron chi connectivity index (χ3n) is 23.3. The molecular formula is C96H112F4N36O6. The fourth-order valence-corrected chi connectivity index (χ4v) is 16.0. The molecule has 8 aromatic heterocycles. The molecule has 0 bridgehead atoms. The van der Waals surface area contributed by atoms with Crippen molar-refractivity contribution < 1.29 is 46.7 Å². The average molecular weight is 1940 g/mol. The highest BCUT2D eigenvalue weighted by atomic mass is 19.1. The lowest BCUT2D eigenvalue weighted by Crippen LogP contribution is -2.37. The Hall–Kier alpha value is -15.7. The van der Waals surface area contributed by atoms with Crippen LogP contribution in [-0.2, 0) is 18.9 Å². The molecule has 8 saturated heterocycles. The Morgan fingerprint density at radius 3 is 0.993 bits per heavy atom. The van der Waals surface area contributed by atoms with E-state index in [1.54, 1.807) is 73.6 Å². The van der Waals surface area contributed by atoms with Gasteiger partial charge < -0.3 is 90.1 Å². The number of pyridine rings is 4. The topological polar surface area (TPSA) is 452 Å². The second kappa shape index (κ2) is 48.2. The predicted octanol–water partition coefficient (Wildman–Crippen LogP) is 11.7. The van der Waals surface area contributed by atoms with Crippen LogP contribution in [0.3, 0.4) is 0 Å². The molecule has 8 aliphatic rings. The Labute approximate surface area is 817 Å². The fourth-order valence-electron chi connectivity index (χ4n) is 16.0. The van der Waals surface area contributed by atoms with Gasteiger partial charge in [-0.05, 0) is 136 Å². The molecule has 16 heterocycles. The number of benzene rings is 4. The van der Waals surface area contributed by atoms with Crippen molar-refractivity contribution in [3.63, 3.8) is 0 Å². The number of hydrogen-bond donors (Lipinski definition) is 14. The number of phenolic OH excluding ortho intramolecular Hbond substituents is 2. The molecule has 4 unspecified atom stereocenters. The number of hydrogen-bond acceptors (Lipinski definition) is 42. The number of hydrazine groups is 4. The molecule has 0 spiro atoms. The van der Waals surface area contributed by atoms with Crippen LogP contribution in [0.15, 0.2) is 203 Å². The summed E-state index contributed by atoms with van der Waals surface area (Å²) in [6.07, 6.45) is 19.7. The summed E-state index contributed by atoms with van der Waals surface area (Å²) in [6, 6.07) is 43.0. The lowest BCUT2D eigenvalue weighted by Gasteiger charge is -2.27. The molecule has 4 aromatic carbocycles. The fraction of sp³-hybridized carbons (Fsp3) is 0.333. The van der Waals surface area contributed by atoms with Gasteiger partial charge in [0.05, 0.1) is 196 Å². The van der Waals surface area contributed by atoms with E-state index in [1.807, 2.05) is 102 Å². The van der Waals surface area contributed by atoms with E-state index in [-0.39, 0.29) is 58.6 Å². The van der Waals surface area contributed by atoms with Crippen LogP contribution in [0, 0.1) is 35.1 Å². The highest BCUT2D eigenvalue weighted by molar-refractivity contribution is 5.82. The third-order valence-corrected chi connectivity index (χ3v) is 23.3. The number of nitrogens with zero attached hydrogens (tertiary/aromatic N) is 24. The quantitative estimate of drug-likeness (QED) is 0.0123. The molecule has 20 rings (SSSR count). The Kier molecular flexibility index (Phi) is 33.3. The zero-order valence-electron chi connectivity index (χ0n) is 78.7. The molecular weight excluding hydrogens is 1830 g/mol. The number of nitrogens with one attached hydrogen (secondary N) is 12. The first-order chi connectivity index (χ1) is 69.3. The van der Waals surface area contributed by atoms with Crippen LogP contribution in [0.25, 0.3) is 0 Å². The maximum Gasteiger partial charge on any atom is 0.245 e. The van der Waals surface area contributed by atoms with Crippen molar-refractivity contribution in [2.75, 3.05) is 227 Å². The largest absolute Gasteiger partial charge is 0.508 e. The molecule has 0 saturated carbocycles. The molecule has 0 aliphatic carbocycles. The van der Waals surface area contributed by atoms with E-state index in [0.29, 0.717) is 152 Å². The third kappa shape index (κ3) is 27.7. The van der Waals surface area contributed by atoms with Crippen LogP contribution < -0.4 is 104 Å². The molecule has 142 heavy (non-hydrogen) atoms. The van der Waals surface area contributed by atoms with Gasteiger partial charge in [0, 0.05) is 151 Å². The number of halogens is 4. The van der Waals surface area contributed by atoms with Gasteiger partial charge in [0.1, 0.15) is 11.5 Å². The number of anilines is 20. The minimum Gasteiger partial charge on any atom is -0.508 e. The summed E-state index contributed by atoms with van der Waals surface area (Å²) in [5, 5.41) is 58.6. The Balaban J connectivity index is 0.000000130. The standard InChI is InChI=1S/2C24H28FN9O2.2C24H28FN9O/c1-16-11-29-34(15-16)20-8-19(9-21(35)10-20)30-18-3-2-17(26-12-18)13-28-32-24-27-14-22(25)23(31-24)33-4-6-36-7-5-33;1-16-4-5-34(32-16)20-10-19(11-21(35)12-20)29-18-3-2-17(26-13-18)14-28-31-24-27-15-22(25)23(30-24)33-6-8-36-9-7-33;1-17-12-29-34(16-17)21-4-2-3-18(11-21)30-20-6-5-19(26-13-20)14-28-32-24-27-15-22(25)23(31-24)33-7-9-35-10-8-33;1-17-7-8-29-34(17)21-4-2-3-18(13-21)30-20-6-5-19(26-14-20)15-28-32-24-27-16-22(25)23(31-24)33-9-11-35-12-10-33/h2-3,8-10,12-14,16,29-30,35H,4-7,11,15H2,1H3,(H,27,31,32);2-3,10-16,29,32,35H,4-9H2,1H3,(H,27,30,31);2-6,11,13-15,17,29-30H,7-10,12,16H2,1H3,(H,27,31,32);2-6,13-17,29-30H,7-12H2,1H3,(H,27,31,32)/b28-13+;2*28-14+;28-15+. The lowest BCUT2D eigenvalue weighted by atomic mass is 10.2. The van der Waals surface area contributed by atoms with Gasteiger partial charge in [-0.2, -0.15) is 40.3 Å². The zero-order chi connectivity index (χ0) is 97.9. The van der Waals surface area contributed by atoms with Crippen molar-refractivity contribution in [3.8, 4) is 11.5 Å². The van der Waals surface area contributed by atoms with Gasteiger partial charge in [-0.3, -0.25) is 19.9 Å². The van der Waals surface area contributed by atoms with E-state index in [4.69, 9.17) is 18.9 Å². The van der Waals surface area contributed by atoms with Gasteiger partial charge in [-0.15, -0.1) is 0 Å². The van der Waals surface area contributed by atoms with Crippen molar-refractivity contribution in [3.05, 3.63) is 229 Å². The van der Waals surface area contributed by atoms with Gasteiger partial charge >= 0.3 is 0 Å². The Morgan fingerprint density at radius 1 is 0.345 bits per heavy atom. The monoisotopic (exact) mass is 1940 g/mol. The normalized spacial score (nSPS) is 18.2. The number of rotatable bonds is 28. The molecule has 8 fully saturated rings. The number of aromatic nitrogens is 12. The Morgan fingerprint density at radius 2 is 0.676 bits per heavy atom. The summed E-state index contributed by atoms with van der Waals surface area (Å²) < 4.78 is 77.9. The first kappa shape index (κ1) is 97.9. The van der Waals surface area contributed by atoms with E-state index < -0.39 is 23.3 Å². The number of aromatic hydroxyl groups is 2. The van der Waals surface area contributed by atoms with Gasteiger partial charge in [0.2, 0.25) is 23.8 Å². The van der Waals surface area contributed by atoms with Crippen LogP contribution in [-0.4, -0.2) is 251 Å². The van der Waals surface area contributed by atoms with Crippen molar-refractivity contribution in [1.82, 2.24) is 81.5 Å². The minimum atomic E-state index is -0.485. The van der Waals surface area contributed by atoms with E-state index >= 15 is 0 Å². The van der Waals surface area contributed by atoms with Gasteiger partial charge in [-0.1, -0.05) is 26.0 Å². The van der Waals surface area contributed by atoms with E-state index in [2.05, 4.69) is 207 Å². The highest BCUT2D eigenvalue weighted by Crippen LogP contribution is 2.35. The van der Waals surface area contributed by atoms with Crippen molar-refractivity contribution in [2.24, 2.45) is 32.2 Å². The number of morpholine rings is 4. The molecule has 740 valence electrons.